The average Bonchev–Trinajstić information content (AvgIpc) is 2.36. The lowest BCUT2D eigenvalue weighted by molar-refractivity contribution is -0.168. The molecule has 0 saturated carbocycles. The number of halogens is 2. The first-order chi connectivity index (χ1) is 8.10. The Balaban J connectivity index is 3.20. The van der Waals surface area contributed by atoms with Gasteiger partial charge in [-0.15, -0.1) is 11.6 Å². The van der Waals surface area contributed by atoms with Gasteiger partial charge in [0.25, 0.3) is 0 Å². The van der Waals surface area contributed by atoms with Crippen LogP contribution >= 0.6 is 11.6 Å². The highest BCUT2D eigenvalue weighted by Crippen LogP contribution is 2.31. The van der Waals surface area contributed by atoms with Gasteiger partial charge in [0.15, 0.2) is 5.60 Å². The van der Waals surface area contributed by atoms with Crippen LogP contribution in [0.4, 0.5) is 4.39 Å². The standard InChI is InChI=1S/C12H14ClFO3/c1-16-11(15)12(17-2,7-8-13)9-3-5-10(14)6-4-9/h3-6H,7-8H2,1-2H3. The number of ether oxygens (including phenoxy) is 2. The molecule has 0 aliphatic rings. The van der Waals surface area contributed by atoms with Gasteiger partial charge in [0.1, 0.15) is 5.82 Å². The summed E-state index contributed by atoms with van der Waals surface area (Å²) in [5.41, 5.74) is -0.751. The minimum Gasteiger partial charge on any atom is -0.467 e. The number of carbonyl (C=O) groups is 1. The molecule has 0 aliphatic heterocycles. The highest BCUT2D eigenvalue weighted by atomic mass is 35.5. The Bertz CT molecular complexity index is 380. The first kappa shape index (κ1) is 13.9. The van der Waals surface area contributed by atoms with E-state index >= 15 is 0 Å². The molecule has 0 heterocycles. The predicted molar refractivity (Wildman–Crippen MR) is 62.4 cm³/mol. The molecule has 94 valence electrons. The molecule has 0 bridgehead atoms. The largest absolute Gasteiger partial charge is 0.467 e. The number of hydrogen-bond acceptors (Lipinski definition) is 3. The maximum Gasteiger partial charge on any atom is 0.342 e. The van der Waals surface area contributed by atoms with E-state index in [0.29, 0.717) is 5.56 Å². The molecule has 1 aromatic rings. The smallest absolute Gasteiger partial charge is 0.342 e. The van der Waals surface area contributed by atoms with Crippen LogP contribution in [0.5, 0.6) is 0 Å². The highest BCUT2D eigenvalue weighted by molar-refractivity contribution is 6.18. The normalized spacial score (nSPS) is 14.1. The summed E-state index contributed by atoms with van der Waals surface area (Å²) >= 11 is 5.68. The van der Waals surface area contributed by atoms with Crippen LogP contribution in [0.3, 0.4) is 0 Å². The molecule has 1 aromatic carbocycles. The number of alkyl halides is 1. The lowest BCUT2D eigenvalue weighted by atomic mass is 9.91. The molecule has 0 fully saturated rings. The van der Waals surface area contributed by atoms with Gasteiger partial charge in [0.05, 0.1) is 7.11 Å². The van der Waals surface area contributed by atoms with Crippen molar-refractivity contribution >= 4 is 17.6 Å². The third-order valence-corrected chi connectivity index (χ3v) is 2.81. The first-order valence-corrected chi connectivity index (χ1v) is 5.59. The number of methoxy groups -OCH3 is 2. The summed E-state index contributed by atoms with van der Waals surface area (Å²) in [4.78, 5) is 11.8. The second kappa shape index (κ2) is 5.98. The molecule has 0 radical (unpaired) electrons. The van der Waals surface area contributed by atoms with Gasteiger partial charge in [0.2, 0.25) is 0 Å². The topological polar surface area (TPSA) is 35.5 Å². The van der Waals surface area contributed by atoms with Crippen molar-refractivity contribution in [2.45, 2.75) is 12.0 Å². The van der Waals surface area contributed by atoms with Crippen molar-refractivity contribution in [1.82, 2.24) is 0 Å². The van der Waals surface area contributed by atoms with Crippen LogP contribution in [-0.4, -0.2) is 26.1 Å². The Kier molecular flexibility index (Phi) is 4.90. The van der Waals surface area contributed by atoms with Crippen LogP contribution in [0, 0.1) is 5.82 Å². The van der Waals surface area contributed by atoms with Gasteiger partial charge in [-0.25, -0.2) is 9.18 Å². The van der Waals surface area contributed by atoms with E-state index in [-0.39, 0.29) is 18.1 Å². The van der Waals surface area contributed by atoms with Gasteiger partial charge < -0.3 is 9.47 Å². The fourth-order valence-electron chi connectivity index (χ4n) is 1.68. The Labute approximate surface area is 104 Å². The SMILES string of the molecule is COC(=O)C(CCCl)(OC)c1ccc(F)cc1. The Morgan fingerprint density at radius 2 is 1.94 bits per heavy atom. The molecule has 17 heavy (non-hydrogen) atoms. The number of esters is 1. The second-order valence-corrected chi connectivity index (χ2v) is 3.85. The summed E-state index contributed by atoms with van der Waals surface area (Å²) in [7, 11) is 2.67. The van der Waals surface area contributed by atoms with E-state index in [9.17, 15) is 9.18 Å². The Morgan fingerprint density at radius 1 is 1.35 bits per heavy atom. The summed E-state index contributed by atoms with van der Waals surface area (Å²) < 4.78 is 22.9. The summed E-state index contributed by atoms with van der Waals surface area (Å²) in [6.07, 6.45) is 0.253. The van der Waals surface area contributed by atoms with E-state index in [1.165, 1.54) is 38.5 Å². The van der Waals surface area contributed by atoms with Crippen LogP contribution in [0.2, 0.25) is 0 Å². The van der Waals surface area contributed by atoms with Crippen LogP contribution in [0.25, 0.3) is 0 Å². The Morgan fingerprint density at radius 3 is 2.35 bits per heavy atom. The van der Waals surface area contributed by atoms with Crippen molar-refractivity contribution in [2.24, 2.45) is 0 Å². The number of rotatable bonds is 5. The monoisotopic (exact) mass is 260 g/mol. The van der Waals surface area contributed by atoms with Gasteiger partial charge in [-0.3, -0.25) is 0 Å². The fraction of sp³-hybridized carbons (Fsp3) is 0.417. The molecule has 5 heteroatoms. The molecule has 0 aromatic heterocycles. The zero-order valence-corrected chi connectivity index (χ0v) is 10.5. The maximum atomic E-state index is 12.9. The van der Waals surface area contributed by atoms with Gasteiger partial charge in [-0.1, -0.05) is 12.1 Å². The minimum absolute atomic E-state index is 0.223. The molecule has 0 saturated heterocycles. The molecular weight excluding hydrogens is 247 g/mol. The summed E-state index contributed by atoms with van der Waals surface area (Å²) in [5.74, 6) is -0.706. The molecule has 1 rings (SSSR count). The van der Waals surface area contributed by atoms with E-state index in [4.69, 9.17) is 21.1 Å². The lowest BCUT2D eigenvalue weighted by Gasteiger charge is -2.29. The predicted octanol–water partition coefficient (Wildman–Crippen LogP) is 2.47. The average molecular weight is 261 g/mol. The van der Waals surface area contributed by atoms with Crippen molar-refractivity contribution in [3.8, 4) is 0 Å². The van der Waals surface area contributed by atoms with Gasteiger partial charge in [-0.2, -0.15) is 0 Å². The Hall–Kier alpha value is -1.13. The zero-order chi connectivity index (χ0) is 12.9. The number of carbonyl (C=O) groups excluding carboxylic acids is 1. The molecule has 0 aliphatic carbocycles. The van der Waals surface area contributed by atoms with Gasteiger partial charge >= 0.3 is 5.97 Å². The van der Waals surface area contributed by atoms with Crippen molar-refractivity contribution < 1.29 is 18.7 Å². The molecule has 0 spiro atoms. The maximum absolute atomic E-state index is 12.9. The van der Waals surface area contributed by atoms with E-state index in [1.807, 2.05) is 0 Å². The van der Waals surface area contributed by atoms with E-state index in [2.05, 4.69) is 0 Å². The molecule has 1 atom stereocenters. The first-order valence-electron chi connectivity index (χ1n) is 5.06. The molecule has 1 unspecified atom stereocenters. The highest BCUT2D eigenvalue weighted by Gasteiger charge is 2.41. The van der Waals surface area contributed by atoms with Crippen LogP contribution in [-0.2, 0) is 19.9 Å². The minimum atomic E-state index is -1.27. The zero-order valence-electron chi connectivity index (χ0n) is 9.70. The third-order valence-electron chi connectivity index (χ3n) is 2.62. The molecular formula is C12H14ClFO3. The summed E-state index contributed by atoms with van der Waals surface area (Å²) in [6, 6.07) is 5.51. The van der Waals surface area contributed by atoms with Crippen LogP contribution in [0.1, 0.15) is 12.0 Å². The van der Waals surface area contributed by atoms with Gasteiger partial charge in [-0.05, 0) is 17.7 Å². The summed E-state index contributed by atoms with van der Waals surface area (Å²) in [6.45, 7) is 0. The third kappa shape index (κ3) is 2.76. The van der Waals surface area contributed by atoms with Crippen molar-refractivity contribution in [3.05, 3.63) is 35.6 Å². The second-order valence-electron chi connectivity index (χ2n) is 3.47. The van der Waals surface area contributed by atoms with Crippen molar-refractivity contribution in [1.29, 1.82) is 0 Å². The van der Waals surface area contributed by atoms with E-state index < -0.39 is 11.6 Å². The lowest BCUT2D eigenvalue weighted by Crippen LogP contribution is -2.39. The van der Waals surface area contributed by atoms with Crippen LogP contribution in [0.15, 0.2) is 24.3 Å². The van der Waals surface area contributed by atoms with Crippen molar-refractivity contribution in [3.63, 3.8) is 0 Å². The molecule has 3 nitrogen and oxygen atoms in total. The fourth-order valence-corrected chi connectivity index (χ4v) is 1.95. The van der Waals surface area contributed by atoms with Crippen molar-refractivity contribution in [2.75, 3.05) is 20.1 Å². The van der Waals surface area contributed by atoms with Crippen LogP contribution < -0.4 is 0 Å². The number of benzene rings is 1. The molecule has 0 amide bonds. The van der Waals surface area contributed by atoms with Gasteiger partial charge in [0, 0.05) is 19.4 Å². The molecule has 0 N–H and O–H groups in total. The summed E-state index contributed by atoms with van der Waals surface area (Å²) in [5, 5.41) is 0. The van der Waals surface area contributed by atoms with E-state index in [0.717, 1.165) is 0 Å². The van der Waals surface area contributed by atoms with E-state index in [1.54, 1.807) is 0 Å². The quantitative estimate of drug-likeness (QED) is 0.603. The number of hydrogen-bond donors (Lipinski definition) is 0.